The normalized spacial score (nSPS) is 27.3. The fourth-order valence-electron chi connectivity index (χ4n) is 3.45. The van der Waals surface area contributed by atoms with E-state index in [1.165, 1.54) is 11.1 Å². The predicted octanol–water partition coefficient (Wildman–Crippen LogP) is 2.55. The summed E-state index contributed by atoms with van der Waals surface area (Å²) in [6, 6.07) is 8.36. The molecule has 1 saturated heterocycles. The molecule has 1 heterocycles. The van der Waals surface area contributed by atoms with E-state index in [1.807, 2.05) is 17.0 Å². The standard InChI is InChI=1S/C18H26N2O2/c1-13-6-3-4-7-15(13)16-11-20(14(2)12-22-16)17(21)10-18(19)8-5-9-18/h3-4,6-7,14,16H,5,8-12,19H2,1-2H3/t14-,16+/m0/s1. The second kappa shape index (κ2) is 6.01. The first-order chi connectivity index (χ1) is 10.5. The van der Waals surface area contributed by atoms with Gasteiger partial charge < -0.3 is 15.4 Å². The smallest absolute Gasteiger partial charge is 0.224 e. The van der Waals surface area contributed by atoms with Crippen LogP contribution in [0.15, 0.2) is 24.3 Å². The Morgan fingerprint density at radius 1 is 1.41 bits per heavy atom. The Labute approximate surface area is 132 Å². The highest BCUT2D eigenvalue weighted by atomic mass is 16.5. The highest BCUT2D eigenvalue weighted by Crippen LogP contribution is 2.34. The number of aryl methyl sites for hydroxylation is 1. The third-order valence-electron chi connectivity index (χ3n) is 5.14. The van der Waals surface area contributed by atoms with Crippen LogP contribution >= 0.6 is 0 Å². The first-order valence-electron chi connectivity index (χ1n) is 8.24. The molecule has 22 heavy (non-hydrogen) atoms. The first kappa shape index (κ1) is 15.5. The van der Waals surface area contributed by atoms with E-state index in [4.69, 9.17) is 10.5 Å². The number of carbonyl (C=O) groups excluding carboxylic acids is 1. The Morgan fingerprint density at radius 3 is 2.77 bits per heavy atom. The molecular weight excluding hydrogens is 276 g/mol. The van der Waals surface area contributed by atoms with Crippen LogP contribution in [0.4, 0.5) is 0 Å². The van der Waals surface area contributed by atoms with E-state index in [-0.39, 0.29) is 23.6 Å². The number of nitrogens with two attached hydrogens (primary N) is 1. The summed E-state index contributed by atoms with van der Waals surface area (Å²) in [7, 11) is 0. The summed E-state index contributed by atoms with van der Waals surface area (Å²) in [5.74, 6) is 0.177. The maximum absolute atomic E-state index is 12.7. The summed E-state index contributed by atoms with van der Waals surface area (Å²) in [6.45, 7) is 5.35. The molecule has 2 fully saturated rings. The Balaban J connectivity index is 1.71. The van der Waals surface area contributed by atoms with Crippen LogP contribution < -0.4 is 5.73 Å². The van der Waals surface area contributed by atoms with Crippen LogP contribution in [-0.4, -0.2) is 35.5 Å². The Hall–Kier alpha value is -1.39. The summed E-state index contributed by atoms with van der Waals surface area (Å²) in [5.41, 5.74) is 8.38. The van der Waals surface area contributed by atoms with Gasteiger partial charge in [-0.05, 0) is 44.2 Å². The molecular formula is C18H26N2O2. The fraction of sp³-hybridized carbons (Fsp3) is 0.611. The van der Waals surface area contributed by atoms with Crippen molar-refractivity contribution in [2.75, 3.05) is 13.2 Å². The summed E-state index contributed by atoms with van der Waals surface area (Å²) < 4.78 is 5.98. The molecule has 0 radical (unpaired) electrons. The number of rotatable bonds is 3. The molecule has 0 spiro atoms. The quantitative estimate of drug-likeness (QED) is 0.933. The maximum atomic E-state index is 12.7. The summed E-state index contributed by atoms with van der Waals surface area (Å²) in [5, 5.41) is 0. The minimum Gasteiger partial charge on any atom is -0.370 e. The zero-order valence-corrected chi connectivity index (χ0v) is 13.5. The molecule has 1 aromatic rings. The topological polar surface area (TPSA) is 55.6 Å². The molecule has 1 amide bonds. The van der Waals surface area contributed by atoms with E-state index >= 15 is 0 Å². The van der Waals surface area contributed by atoms with Crippen LogP contribution in [0, 0.1) is 6.92 Å². The van der Waals surface area contributed by atoms with Gasteiger partial charge in [0.1, 0.15) is 6.10 Å². The molecule has 0 aromatic heterocycles. The van der Waals surface area contributed by atoms with Crippen LogP contribution in [0.3, 0.4) is 0 Å². The van der Waals surface area contributed by atoms with Gasteiger partial charge in [0.15, 0.2) is 0 Å². The van der Waals surface area contributed by atoms with Gasteiger partial charge in [-0.2, -0.15) is 0 Å². The van der Waals surface area contributed by atoms with Crippen molar-refractivity contribution in [1.29, 1.82) is 0 Å². The average Bonchev–Trinajstić information content (AvgIpc) is 2.47. The zero-order valence-electron chi connectivity index (χ0n) is 13.5. The minimum atomic E-state index is -0.257. The van der Waals surface area contributed by atoms with Crippen LogP contribution in [0.2, 0.25) is 0 Å². The van der Waals surface area contributed by atoms with Crippen LogP contribution in [0.5, 0.6) is 0 Å². The zero-order chi connectivity index (χ0) is 15.7. The second-order valence-electron chi connectivity index (χ2n) is 6.97. The van der Waals surface area contributed by atoms with Crippen LogP contribution in [0.25, 0.3) is 0 Å². The van der Waals surface area contributed by atoms with Crippen molar-refractivity contribution in [3.63, 3.8) is 0 Å². The lowest BCUT2D eigenvalue weighted by atomic mass is 9.75. The van der Waals surface area contributed by atoms with Crippen molar-refractivity contribution < 1.29 is 9.53 Å². The van der Waals surface area contributed by atoms with E-state index in [0.29, 0.717) is 19.6 Å². The van der Waals surface area contributed by atoms with Crippen molar-refractivity contribution in [3.05, 3.63) is 35.4 Å². The SMILES string of the molecule is Cc1ccccc1[C@H]1CN(C(=O)CC2(N)CCC2)[C@@H](C)CO1. The summed E-state index contributed by atoms with van der Waals surface area (Å²) in [4.78, 5) is 14.6. The summed E-state index contributed by atoms with van der Waals surface area (Å²) in [6.07, 6.45) is 3.53. The lowest BCUT2D eigenvalue weighted by Crippen LogP contribution is -2.54. The fourth-order valence-corrected chi connectivity index (χ4v) is 3.45. The van der Waals surface area contributed by atoms with Gasteiger partial charge in [-0.1, -0.05) is 24.3 Å². The van der Waals surface area contributed by atoms with E-state index in [0.717, 1.165) is 19.3 Å². The van der Waals surface area contributed by atoms with Gasteiger partial charge in [-0.3, -0.25) is 4.79 Å². The van der Waals surface area contributed by atoms with Gasteiger partial charge in [-0.25, -0.2) is 0 Å². The molecule has 120 valence electrons. The number of morpholine rings is 1. The van der Waals surface area contributed by atoms with Gasteiger partial charge in [0.25, 0.3) is 0 Å². The molecule has 0 unspecified atom stereocenters. The number of carbonyl (C=O) groups is 1. The number of hydrogen-bond acceptors (Lipinski definition) is 3. The molecule has 4 heteroatoms. The molecule has 2 N–H and O–H groups in total. The van der Waals surface area contributed by atoms with Crippen molar-refractivity contribution in [2.24, 2.45) is 5.73 Å². The molecule has 1 aliphatic heterocycles. The van der Waals surface area contributed by atoms with Crippen molar-refractivity contribution in [2.45, 2.75) is 57.2 Å². The number of nitrogens with zero attached hydrogens (tertiary/aromatic N) is 1. The van der Waals surface area contributed by atoms with E-state index < -0.39 is 0 Å². The third kappa shape index (κ3) is 3.03. The molecule has 1 aliphatic carbocycles. The second-order valence-corrected chi connectivity index (χ2v) is 6.97. The van der Waals surface area contributed by atoms with Crippen LogP contribution in [-0.2, 0) is 9.53 Å². The minimum absolute atomic E-state index is 0.0311. The third-order valence-corrected chi connectivity index (χ3v) is 5.14. The highest BCUT2D eigenvalue weighted by molar-refractivity contribution is 5.78. The summed E-state index contributed by atoms with van der Waals surface area (Å²) >= 11 is 0. The van der Waals surface area contributed by atoms with E-state index in [2.05, 4.69) is 26.0 Å². The van der Waals surface area contributed by atoms with Gasteiger partial charge in [0, 0.05) is 12.0 Å². The van der Waals surface area contributed by atoms with Crippen molar-refractivity contribution in [3.8, 4) is 0 Å². The van der Waals surface area contributed by atoms with E-state index in [1.54, 1.807) is 0 Å². The Morgan fingerprint density at radius 2 is 2.14 bits per heavy atom. The number of hydrogen-bond donors (Lipinski definition) is 1. The first-order valence-corrected chi connectivity index (χ1v) is 8.24. The number of amides is 1. The largest absolute Gasteiger partial charge is 0.370 e. The number of ether oxygens (including phenoxy) is 1. The highest BCUT2D eigenvalue weighted by Gasteiger charge is 2.38. The van der Waals surface area contributed by atoms with Gasteiger partial charge >= 0.3 is 0 Å². The molecule has 3 rings (SSSR count). The molecule has 0 bridgehead atoms. The Bertz CT molecular complexity index is 554. The van der Waals surface area contributed by atoms with E-state index in [9.17, 15) is 4.79 Å². The monoisotopic (exact) mass is 302 g/mol. The van der Waals surface area contributed by atoms with Crippen LogP contribution in [0.1, 0.15) is 49.8 Å². The molecule has 1 aromatic carbocycles. The van der Waals surface area contributed by atoms with Gasteiger partial charge in [0.05, 0.1) is 19.2 Å². The van der Waals surface area contributed by atoms with Gasteiger partial charge in [0.2, 0.25) is 5.91 Å². The van der Waals surface area contributed by atoms with Gasteiger partial charge in [-0.15, -0.1) is 0 Å². The Kier molecular flexibility index (Phi) is 4.24. The average molecular weight is 302 g/mol. The molecule has 4 nitrogen and oxygen atoms in total. The van der Waals surface area contributed by atoms with Crippen molar-refractivity contribution in [1.82, 2.24) is 4.90 Å². The molecule has 1 saturated carbocycles. The lowest BCUT2D eigenvalue weighted by molar-refractivity contribution is -0.146. The number of benzene rings is 1. The molecule has 2 atom stereocenters. The lowest BCUT2D eigenvalue weighted by Gasteiger charge is -2.43. The maximum Gasteiger partial charge on any atom is 0.224 e. The predicted molar refractivity (Wildman–Crippen MR) is 86.4 cm³/mol. The molecule has 2 aliphatic rings. The van der Waals surface area contributed by atoms with Crippen molar-refractivity contribution >= 4 is 5.91 Å².